The highest BCUT2D eigenvalue weighted by Crippen LogP contribution is 2.14. The number of benzene rings is 1. The fourth-order valence-electron chi connectivity index (χ4n) is 1.66. The Balaban J connectivity index is 2.11. The maximum atomic E-state index is 10.3. The molecule has 0 aromatic heterocycles. The van der Waals surface area contributed by atoms with E-state index in [1.54, 1.807) is 0 Å². The maximum Gasteiger partial charge on any atom is 0.233 e. The predicted molar refractivity (Wildman–Crippen MR) is 56.3 cm³/mol. The van der Waals surface area contributed by atoms with Gasteiger partial charge in [-0.25, -0.2) is 0 Å². The van der Waals surface area contributed by atoms with Gasteiger partial charge >= 0.3 is 0 Å². The molecule has 14 heavy (non-hydrogen) atoms. The molecule has 1 N–H and O–H groups in total. The van der Waals surface area contributed by atoms with E-state index in [4.69, 9.17) is 0 Å². The molecule has 1 aliphatic rings. The van der Waals surface area contributed by atoms with Crippen LogP contribution in [-0.2, 0) is 4.79 Å². The molecule has 0 spiro atoms. The van der Waals surface area contributed by atoms with Crippen molar-refractivity contribution in [1.29, 1.82) is 0 Å². The Hall–Kier alpha value is -1.35. The molecule has 1 aromatic carbocycles. The Bertz CT molecular complexity index is 302. The number of piperazine rings is 1. The minimum Gasteiger partial charge on any atom is -0.369 e. The van der Waals surface area contributed by atoms with Crippen LogP contribution in [0.3, 0.4) is 0 Å². The third-order valence-corrected chi connectivity index (χ3v) is 2.47. The number of carbonyl (C=O) groups excluding carboxylic acids is 1. The first-order chi connectivity index (χ1) is 6.90. The molecular weight excluding hydrogens is 176 g/mol. The average Bonchev–Trinajstić information content (AvgIpc) is 2.30. The van der Waals surface area contributed by atoms with Crippen LogP contribution in [0, 0.1) is 0 Å². The number of nitrogens with zero attached hydrogens (tertiary/aromatic N) is 1. The van der Waals surface area contributed by atoms with Gasteiger partial charge in [0.2, 0.25) is 6.29 Å². The highest BCUT2D eigenvalue weighted by molar-refractivity contribution is 5.76. The van der Waals surface area contributed by atoms with Crippen LogP contribution >= 0.6 is 0 Å². The van der Waals surface area contributed by atoms with Crippen molar-refractivity contribution in [2.24, 2.45) is 0 Å². The highest BCUT2D eigenvalue weighted by atomic mass is 16.1. The molecular formula is C11H13N2O. The minimum absolute atomic E-state index is 0.615. The molecule has 1 saturated heterocycles. The standard InChI is InChI=1S/C11H13N2O/c14-9-10-1-3-11(4-2-10)13-7-5-12-6-8-13/h1-4,12H,5-8H2. The van der Waals surface area contributed by atoms with Gasteiger partial charge in [-0.15, -0.1) is 0 Å². The zero-order chi connectivity index (χ0) is 9.80. The highest BCUT2D eigenvalue weighted by Gasteiger charge is 2.09. The lowest BCUT2D eigenvalue weighted by molar-refractivity contribution is 0.562. The number of anilines is 1. The summed E-state index contributed by atoms with van der Waals surface area (Å²) in [6, 6.07) is 7.58. The summed E-state index contributed by atoms with van der Waals surface area (Å²) in [5, 5.41) is 3.30. The molecule has 3 heteroatoms. The van der Waals surface area contributed by atoms with Gasteiger partial charge in [0.25, 0.3) is 0 Å². The van der Waals surface area contributed by atoms with Crippen molar-refractivity contribution >= 4 is 12.0 Å². The fraction of sp³-hybridized carbons (Fsp3) is 0.364. The second-order valence-electron chi connectivity index (χ2n) is 3.39. The SMILES string of the molecule is O=[C]c1ccc(N2CCNCC2)cc1. The largest absolute Gasteiger partial charge is 0.369 e. The Morgan fingerprint density at radius 1 is 1.14 bits per heavy atom. The maximum absolute atomic E-state index is 10.3. The van der Waals surface area contributed by atoms with E-state index in [1.165, 1.54) is 5.69 Å². The van der Waals surface area contributed by atoms with Crippen LogP contribution in [0.4, 0.5) is 5.69 Å². The van der Waals surface area contributed by atoms with Crippen molar-refractivity contribution < 1.29 is 4.79 Å². The Kier molecular flexibility index (Phi) is 2.79. The summed E-state index contributed by atoms with van der Waals surface area (Å²) in [6.07, 6.45) is 1.88. The van der Waals surface area contributed by atoms with Crippen molar-refractivity contribution in [1.82, 2.24) is 5.32 Å². The zero-order valence-electron chi connectivity index (χ0n) is 7.99. The van der Waals surface area contributed by atoms with Gasteiger partial charge in [-0.2, -0.15) is 0 Å². The normalized spacial score (nSPS) is 16.7. The predicted octanol–water partition coefficient (Wildman–Crippen LogP) is 0.554. The van der Waals surface area contributed by atoms with Crippen molar-refractivity contribution in [3.05, 3.63) is 29.8 Å². The van der Waals surface area contributed by atoms with Crippen LogP contribution in [-0.4, -0.2) is 32.5 Å². The van der Waals surface area contributed by atoms with E-state index >= 15 is 0 Å². The van der Waals surface area contributed by atoms with Gasteiger partial charge < -0.3 is 10.2 Å². The van der Waals surface area contributed by atoms with Crippen LogP contribution in [0.5, 0.6) is 0 Å². The number of rotatable bonds is 2. The van der Waals surface area contributed by atoms with Crippen LogP contribution in [0.1, 0.15) is 5.56 Å². The average molecular weight is 189 g/mol. The molecule has 3 nitrogen and oxygen atoms in total. The Morgan fingerprint density at radius 2 is 1.79 bits per heavy atom. The van der Waals surface area contributed by atoms with Crippen molar-refractivity contribution in [2.45, 2.75) is 0 Å². The van der Waals surface area contributed by atoms with Crippen molar-refractivity contribution in [2.75, 3.05) is 31.1 Å². The number of nitrogens with one attached hydrogen (secondary N) is 1. The first-order valence-corrected chi connectivity index (χ1v) is 4.84. The fourth-order valence-corrected chi connectivity index (χ4v) is 1.66. The number of hydrogen-bond donors (Lipinski definition) is 1. The molecule has 1 aromatic rings. The summed E-state index contributed by atoms with van der Waals surface area (Å²) in [5.74, 6) is 0. The smallest absolute Gasteiger partial charge is 0.233 e. The van der Waals surface area contributed by atoms with E-state index in [-0.39, 0.29) is 0 Å². The van der Waals surface area contributed by atoms with Gasteiger partial charge in [-0.1, -0.05) is 0 Å². The molecule has 0 aliphatic carbocycles. The third-order valence-electron chi connectivity index (χ3n) is 2.47. The molecule has 1 heterocycles. The van der Waals surface area contributed by atoms with E-state index in [1.807, 2.05) is 30.6 Å². The summed E-state index contributed by atoms with van der Waals surface area (Å²) < 4.78 is 0. The van der Waals surface area contributed by atoms with Gasteiger partial charge in [0.15, 0.2) is 0 Å². The minimum atomic E-state index is 0.615. The first-order valence-electron chi connectivity index (χ1n) is 4.84. The van der Waals surface area contributed by atoms with E-state index in [2.05, 4.69) is 10.2 Å². The first kappa shape index (κ1) is 9.21. The second kappa shape index (κ2) is 4.24. The molecule has 1 fully saturated rings. The Labute approximate surface area is 83.7 Å². The molecule has 1 aliphatic heterocycles. The summed E-state index contributed by atoms with van der Waals surface area (Å²) in [7, 11) is 0. The molecule has 0 saturated carbocycles. The van der Waals surface area contributed by atoms with Gasteiger partial charge in [0.1, 0.15) is 0 Å². The second-order valence-corrected chi connectivity index (χ2v) is 3.39. The summed E-state index contributed by atoms with van der Waals surface area (Å²) in [5.41, 5.74) is 1.80. The summed E-state index contributed by atoms with van der Waals surface area (Å²) in [6.45, 7) is 4.12. The van der Waals surface area contributed by atoms with Crippen LogP contribution in [0.15, 0.2) is 24.3 Å². The number of hydrogen-bond acceptors (Lipinski definition) is 3. The molecule has 0 unspecified atom stereocenters. The Morgan fingerprint density at radius 3 is 2.36 bits per heavy atom. The lowest BCUT2D eigenvalue weighted by Crippen LogP contribution is -2.43. The molecule has 0 bridgehead atoms. The molecule has 1 radical (unpaired) electrons. The lowest BCUT2D eigenvalue weighted by Gasteiger charge is -2.29. The third kappa shape index (κ3) is 1.93. The van der Waals surface area contributed by atoms with Crippen molar-refractivity contribution in [3.8, 4) is 0 Å². The van der Waals surface area contributed by atoms with E-state index < -0.39 is 0 Å². The molecule has 2 rings (SSSR count). The molecule has 0 atom stereocenters. The van der Waals surface area contributed by atoms with Gasteiger partial charge in [0.05, 0.1) is 0 Å². The zero-order valence-corrected chi connectivity index (χ0v) is 7.99. The quantitative estimate of drug-likeness (QED) is 0.737. The van der Waals surface area contributed by atoms with Crippen LogP contribution in [0.25, 0.3) is 0 Å². The van der Waals surface area contributed by atoms with Crippen molar-refractivity contribution in [3.63, 3.8) is 0 Å². The van der Waals surface area contributed by atoms with Gasteiger partial charge in [-0.05, 0) is 24.3 Å². The van der Waals surface area contributed by atoms with Gasteiger partial charge in [-0.3, -0.25) is 4.79 Å². The van der Waals surface area contributed by atoms with Crippen LogP contribution < -0.4 is 10.2 Å². The van der Waals surface area contributed by atoms with E-state index in [0.29, 0.717) is 5.56 Å². The molecule has 0 amide bonds. The summed E-state index contributed by atoms with van der Waals surface area (Å²) in [4.78, 5) is 12.7. The molecule has 73 valence electrons. The van der Waals surface area contributed by atoms with E-state index in [0.717, 1.165) is 26.2 Å². The lowest BCUT2D eigenvalue weighted by atomic mass is 10.2. The monoisotopic (exact) mass is 189 g/mol. The summed E-state index contributed by atoms with van der Waals surface area (Å²) >= 11 is 0. The van der Waals surface area contributed by atoms with Gasteiger partial charge in [0, 0.05) is 37.4 Å². The topological polar surface area (TPSA) is 32.3 Å². The van der Waals surface area contributed by atoms with Crippen LogP contribution in [0.2, 0.25) is 0 Å². The van der Waals surface area contributed by atoms with E-state index in [9.17, 15) is 4.79 Å².